The van der Waals surface area contributed by atoms with Gasteiger partial charge in [-0.15, -0.1) is 0 Å². The molecule has 0 N–H and O–H groups in total. The molecule has 0 spiro atoms. The molecule has 0 aromatic heterocycles. The van der Waals surface area contributed by atoms with E-state index >= 15 is 0 Å². The number of hydrogen-bond donors (Lipinski definition) is 0. The first-order valence-electron chi connectivity index (χ1n) is 10.8. The summed E-state index contributed by atoms with van der Waals surface area (Å²) in [7, 11) is 0. The topological polar surface area (TPSA) is 26.3 Å². The SMILES string of the molecule is CCCCC[CH]OC(=O)[C@H](CCCCCC)CCCCCCCC. The van der Waals surface area contributed by atoms with Crippen LogP contribution in [0.1, 0.15) is 124 Å². The van der Waals surface area contributed by atoms with Gasteiger partial charge in [0.15, 0.2) is 0 Å². The Labute approximate surface area is 152 Å². The van der Waals surface area contributed by atoms with Crippen LogP contribution in [0.5, 0.6) is 0 Å². The van der Waals surface area contributed by atoms with Crippen LogP contribution < -0.4 is 0 Å². The van der Waals surface area contributed by atoms with Crippen molar-refractivity contribution < 1.29 is 9.53 Å². The average molecular weight is 340 g/mol. The molecule has 0 rings (SSSR count). The summed E-state index contributed by atoms with van der Waals surface area (Å²) in [6, 6.07) is 0. The van der Waals surface area contributed by atoms with Crippen LogP contribution in [0.15, 0.2) is 0 Å². The van der Waals surface area contributed by atoms with E-state index in [1.165, 1.54) is 77.0 Å². The van der Waals surface area contributed by atoms with Crippen molar-refractivity contribution in [3.8, 4) is 0 Å². The van der Waals surface area contributed by atoms with Gasteiger partial charge in [0.25, 0.3) is 0 Å². The van der Waals surface area contributed by atoms with Gasteiger partial charge in [-0.05, 0) is 25.7 Å². The van der Waals surface area contributed by atoms with E-state index in [2.05, 4.69) is 20.8 Å². The Kier molecular flexibility index (Phi) is 18.4. The van der Waals surface area contributed by atoms with Gasteiger partial charge in [-0.1, -0.05) is 97.8 Å². The number of esters is 1. The summed E-state index contributed by atoms with van der Waals surface area (Å²) in [5, 5.41) is 0. The summed E-state index contributed by atoms with van der Waals surface area (Å²) in [4.78, 5) is 12.4. The lowest BCUT2D eigenvalue weighted by atomic mass is 9.94. The molecule has 2 nitrogen and oxygen atoms in total. The fourth-order valence-electron chi connectivity index (χ4n) is 3.08. The summed E-state index contributed by atoms with van der Waals surface area (Å²) in [6.07, 6.45) is 19.1. The van der Waals surface area contributed by atoms with E-state index in [-0.39, 0.29) is 11.9 Å². The Morgan fingerprint density at radius 3 is 1.75 bits per heavy atom. The number of carbonyl (C=O) groups is 1. The van der Waals surface area contributed by atoms with Crippen LogP contribution in [-0.4, -0.2) is 5.97 Å². The third kappa shape index (κ3) is 15.0. The molecular weight excluding hydrogens is 296 g/mol. The minimum Gasteiger partial charge on any atom is -0.458 e. The van der Waals surface area contributed by atoms with Crippen molar-refractivity contribution in [2.75, 3.05) is 0 Å². The zero-order valence-corrected chi connectivity index (χ0v) is 16.8. The summed E-state index contributed by atoms with van der Waals surface area (Å²) >= 11 is 0. The zero-order chi connectivity index (χ0) is 17.9. The maximum absolute atomic E-state index is 12.4. The summed E-state index contributed by atoms with van der Waals surface area (Å²) in [5.41, 5.74) is 0. The number of carbonyl (C=O) groups excluding carboxylic acids is 1. The predicted octanol–water partition coefficient (Wildman–Crippen LogP) is 7.61. The second-order valence-corrected chi connectivity index (χ2v) is 7.20. The fraction of sp³-hybridized carbons (Fsp3) is 0.909. The Morgan fingerprint density at radius 2 is 1.17 bits per heavy atom. The Bertz CT molecular complexity index is 263. The fourth-order valence-corrected chi connectivity index (χ4v) is 3.08. The lowest BCUT2D eigenvalue weighted by Crippen LogP contribution is -2.17. The quantitative estimate of drug-likeness (QED) is 0.190. The predicted molar refractivity (Wildman–Crippen MR) is 105 cm³/mol. The van der Waals surface area contributed by atoms with Gasteiger partial charge in [0.05, 0.1) is 5.92 Å². The molecule has 24 heavy (non-hydrogen) atoms. The van der Waals surface area contributed by atoms with Crippen molar-refractivity contribution in [3.63, 3.8) is 0 Å². The van der Waals surface area contributed by atoms with E-state index < -0.39 is 0 Å². The third-order valence-electron chi connectivity index (χ3n) is 4.77. The first-order chi connectivity index (χ1) is 11.8. The normalized spacial score (nSPS) is 12.3. The maximum atomic E-state index is 12.4. The van der Waals surface area contributed by atoms with Crippen LogP contribution in [0.4, 0.5) is 0 Å². The first kappa shape index (κ1) is 23.5. The lowest BCUT2D eigenvalue weighted by molar-refractivity contribution is -0.145. The number of hydrogen-bond acceptors (Lipinski definition) is 2. The molecule has 0 bridgehead atoms. The van der Waals surface area contributed by atoms with Gasteiger partial charge < -0.3 is 4.74 Å². The minimum absolute atomic E-state index is 0.0246. The highest BCUT2D eigenvalue weighted by atomic mass is 16.5. The van der Waals surface area contributed by atoms with Crippen molar-refractivity contribution in [3.05, 3.63) is 6.61 Å². The van der Waals surface area contributed by atoms with Gasteiger partial charge >= 0.3 is 5.97 Å². The first-order valence-corrected chi connectivity index (χ1v) is 10.8. The molecule has 0 saturated carbocycles. The Morgan fingerprint density at radius 1 is 0.708 bits per heavy atom. The van der Waals surface area contributed by atoms with Crippen molar-refractivity contribution in [2.45, 2.75) is 124 Å². The summed E-state index contributed by atoms with van der Waals surface area (Å²) in [5.74, 6) is 0.145. The van der Waals surface area contributed by atoms with E-state index in [9.17, 15) is 4.79 Å². The number of rotatable bonds is 18. The summed E-state index contributed by atoms with van der Waals surface area (Å²) in [6.45, 7) is 8.42. The standard InChI is InChI=1S/C22H43O2/c1-4-7-10-13-14-16-19-21(18-15-11-8-5-2)22(23)24-20-17-12-9-6-3/h20-21H,4-19H2,1-3H3/t21-/m1/s1. The summed E-state index contributed by atoms with van der Waals surface area (Å²) < 4.78 is 5.44. The molecule has 0 aromatic carbocycles. The molecule has 1 radical (unpaired) electrons. The minimum atomic E-state index is 0.0246. The second-order valence-electron chi connectivity index (χ2n) is 7.20. The van der Waals surface area contributed by atoms with E-state index in [1.54, 1.807) is 6.61 Å². The molecule has 0 aliphatic carbocycles. The molecule has 0 aliphatic rings. The monoisotopic (exact) mass is 339 g/mol. The zero-order valence-electron chi connectivity index (χ0n) is 16.8. The van der Waals surface area contributed by atoms with Crippen LogP contribution in [-0.2, 0) is 9.53 Å². The Hall–Kier alpha value is -0.530. The van der Waals surface area contributed by atoms with Crippen molar-refractivity contribution in [1.29, 1.82) is 0 Å². The van der Waals surface area contributed by atoms with Gasteiger partial charge in [-0.2, -0.15) is 0 Å². The highest BCUT2D eigenvalue weighted by molar-refractivity contribution is 5.72. The van der Waals surface area contributed by atoms with Gasteiger partial charge in [0.2, 0.25) is 0 Å². The molecule has 0 saturated heterocycles. The van der Waals surface area contributed by atoms with E-state index in [1.807, 2.05) is 0 Å². The molecule has 0 aromatic rings. The molecule has 143 valence electrons. The van der Waals surface area contributed by atoms with Gasteiger partial charge in [-0.25, -0.2) is 0 Å². The van der Waals surface area contributed by atoms with E-state index in [0.717, 1.165) is 25.7 Å². The molecule has 2 heteroatoms. The van der Waals surface area contributed by atoms with Crippen molar-refractivity contribution in [2.24, 2.45) is 5.92 Å². The van der Waals surface area contributed by atoms with Crippen LogP contribution in [0.2, 0.25) is 0 Å². The lowest BCUT2D eigenvalue weighted by Gasteiger charge is -2.16. The highest BCUT2D eigenvalue weighted by Gasteiger charge is 2.19. The number of unbranched alkanes of at least 4 members (excludes halogenated alkanes) is 11. The highest BCUT2D eigenvalue weighted by Crippen LogP contribution is 2.21. The largest absolute Gasteiger partial charge is 0.458 e. The van der Waals surface area contributed by atoms with Crippen LogP contribution >= 0.6 is 0 Å². The van der Waals surface area contributed by atoms with Crippen molar-refractivity contribution >= 4 is 5.97 Å². The van der Waals surface area contributed by atoms with Gasteiger partial charge in [0, 0.05) is 0 Å². The molecule has 0 fully saturated rings. The molecule has 0 aliphatic heterocycles. The van der Waals surface area contributed by atoms with E-state index in [0.29, 0.717) is 0 Å². The maximum Gasteiger partial charge on any atom is 0.309 e. The molecule has 1 atom stereocenters. The van der Waals surface area contributed by atoms with Crippen LogP contribution in [0, 0.1) is 12.5 Å². The molecule has 0 unspecified atom stereocenters. The molecule has 0 amide bonds. The average Bonchev–Trinajstić information content (AvgIpc) is 2.59. The van der Waals surface area contributed by atoms with E-state index in [4.69, 9.17) is 4.74 Å². The van der Waals surface area contributed by atoms with Crippen LogP contribution in [0.25, 0.3) is 0 Å². The van der Waals surface area contributed by atoms with Gasteiger partial charge in [0.1, 0.15) is 6.61 Å². The molecule has 0 heterocycles. The smallest absolute Gasteiger partial charge is 0.309 e. The van der Waals surface area contributed by atoms with Crippen LogP contribution in [0.3, 0.4) is 0 Å². The van der Waals surface area contributed by atoms with Crippen molar-refractivity contribution in [1.82, 2.24) is 0 Å². The Balaban J connectivity index is 3.98. The molecular formula is C22H43O2. The van der Waals surface area contributed by atoms with Gasteiger partial charge in [-0.3, -0.25) is 4.79 Å². The second kappa shape index (κ2) is 18.8. The number of ether oxygens (including phenoxy) is 1. The third-order valence-corrected chi connectivity index (χ3v) is 4.77.